The van der Waals surface area contributed by atoms with Crippen LogP contribution in [0.15, 0.2) is 0 Å². The summed E-state index contributed by atoms with van der Waals surface area (Å²) in [6.07, 6.45) is 9.31. The molecule has 1 saturated carbocycles. The molecule has 1 aliphatic carbocycles. The van der Waals surface area contributed by atoms with Crippen molar-refractivity contribution in [1.82, 2.24) is 5.43 Å². The van der Waals surface area contributed by atoms with Gasteiger partial charge in [-0.15, -0.1) is 0 Å². The number of hydrazine groups is 1. The maximum Gasteiger partial charge on any atom is 0.306 e. The number of carbonyl (C=O) groups excluding carboxylic acids is 2. The van der Waals surface area contributed by atoms with Gasteiger partial charge in [0.05, 0.1) is 0 Å². The molecule has 3 atom stereocenters. The Morgan fingerprint density at radius 2 is 1.71 bits per heavy atom. The fraction of sp³-hybridized carbons (Fsp3) is 0.895. The van der Waals surface area contributed by atoms with Crippen LogP contribution in [0, 0.1) is 17.8 Å². The third kappa shape index (κ3) is 8.13. The first kappa shape index (κ1) is 20.9. The fourth-order valence-electron chi connectivity index (χ4n) is 3.64. The lowest BCUT2D eigenvalue weighted by molar-refractivity contribution is -0.156. The number of ether oxygens (including phenoxy) is 1. The minimum Gasteiger partial charge on any atom is -0.462 e. The van der Waals surface area contributed by atoms with E-state index in [0.717, 1.165) is 38.5 Å². The molecule has 1 fully saturated rings. The minimum atomic E-state index is -0.111. The van der Waals surface area contributed by atoms with Crippen LogP contribution < -0.4 is 11.3 Å². The number of amides is 1. The fourth-order valence-corrected chi connectivity index (χ4v) is 3.64. The van der Waals surface area contributed by atoms with E-state index in [0.29, 0.717) is 30.6 Å². The van der Waals surface area contributed by atoms with Crippen molar-refractivity contribution in [2.75, 3.05) is 0 Å². The number of hydrogen-bond acceptors (Lipinski definition) is 4. The molecule has 0 unspecified atom stereocenters. The molecule has 1 aliphatic rings. The maximum atomic E-state index is 12.1. The minimum absolute atomic E-state index is 0.0396. The van der Waals surface area contributed by atoms with E-state index >= 15 is 0 Å². The summed E-state index contributed by atoms with van der Waals surface area (Å²) >= 11 is 0. The van der Waals surface area contributed by atoms with Crippen molar-refractivity contribution in [2.24, 2.45) is 23.6 Å². The second kappa shape index (κ2) is 11.5. The number of hydrogen-bond donors (Lipinski definition) is 2. The Hall–Kier alpha value is -1.10. The predicted molar refractivity (Wildman–Crippen MR) is 95.9 cm³/mol. The lowest BCUT2D eigenvalue weighted by Crippen LogP contribution is -2.35. The van der Waals surface area contributed by atoms with Gasteiger partial charge in [-0.3, -0.25) is 15.0 Å². The highest BCUT2D eigenvalue weighted by atomic mass is 16.5. The Labute approximate surface area is 147 Å². The number of rotatable bonds is 10. The average Bonchev–Trinajstić information content (AvgIpc) is 2.53. The molecule has 0 spiro atoms. The molecule has 140 valence electrons. The van der Waals surface area contributed by atoms with E-state index in [-0.39, 0.29) is 18.0 Å². The van der Waals surface area contributed by atoms with Gasteiger partial charge in [-0.2, -0.15) is 0 Å². The molecule has 5 heteroatoms. The highest BCUT2D eigenvalue weighted by Crippen LogP contribution is 2.35. The molecular formula is C19H36N2O3. The van der Waals surface area contributed by atoms with Crippen molar-refractivity contribution < 1.29 is 14.3 Å². The molecule has 1 amide bonds. The summed E-state index contributed by atoms with van der Waals surface area (Å²) in [5.41, 5.74) is 2.14. The van der Waals surface area contributed by atoms with E-state index in [2.05, 4.69) is 26.2 Å². The molecule has 0 bridgehead atoms. The topological polar surface area (TPSA) is 81.4 Å². The highest BCUT2D eigenvalue weighted by molar-refractivity contribution is 5.75. The molecule has 0 aromatic heterocycles. The van der Waals surface area contributed by atoms with Crippen LogP contribution in [-0.2, 0) is 14.3 Å². The summed E-state index contributed by atoms with van der Waals surface area (Å²) in [6.45, 7) is 6.71. The molecular weight excluding hydrogens is 304 g/mol. The SMILES string of the molecule is CC(C)[C@@H]1CC[C@@H](C)C[C@H]1OC(=O)CCCCCCCC(=O)NN. The van der Waals surface area contributed by atoms with Crippen LogP contribution in [0.3, 0.4) is 0 Å². The van der Waals surface area contributed by atoms with Gasteiger partial charge in [-0.1, -0.05) is 46.5 Å². The summed E-state index contributed by atoms with van der Waals surface area (Å²) in [5, 5.41) is 0. The zero-order valence-electron chi connectivity index (χ0n) is 15.7. The molecule has 24 heavy (non-hydrogen) atoms. The summed E-state index contributed by atoms with van der Waals surface area (Å²) in [6, 6.07) is 0. The van der Waals surface area contributed by atoms with Crippen LogP contribution in [-0.4, -0.2) is 18.0 Å². The zero-order valence-corrected chi connectivity index (χ0v) is 15.7. The third-order valence-corrected chi connectivity index (χ3v) is 5.19. The standard InChI is InChI=1S/C19H36N2O3/c1-14(2)16-12-11-15(3)13-17(16)24-19(23)10-8-6-4-5-7-9-18(22)21-20/h14-17H,4-13,20H2,1-3H3,(H,21,22)/t15-,16+,17-/m1/s1. The van der Waals surface area contributed by atoms with Gasteiger partial charge in [0.1, 0.15) is 6.10 Å². The second-order valence-corrected chi connectivity index (χ2v) is 7.69. The summed E-state index contributed by atoms with van der Waals surface area (Å²) in [7, 11) is 0. The first-order valence-electron chi connectivity index (χ1n) is 9.63. The number of carbonyl (C=O) groups is 2. The summed E-state index contributed by atoms with van der Waals surface area (Å²) < 4.78 is 5.80. The molecule has 0 saturated heterocycles. The molecule has 0 aliphatic heterocycles. The quantitative estimate of drug-likeness (QED) is 0.209. The first-order valence-corrected chi connectivity index (χ1v) is 9.63. The molecule has 1 rings (SSSR count). The van der Waals surface area contributed by atoms with Crippen LogP contribution in [0.5, 0.6) is 0 Å². The van der Waals surface area contributed by atoms with Gasteiger partial charge in [0.2, 0.25) is 5.91 Å². The smallest absolute Gasteiger partial charge is 0.306 e. The van der Waals surface area contributed by atoms with Gasteiger partial charge >= 0.3 is 5.97 Å². The van der Waals surface area contributed by atoms with Crippen LogP contribution in [0.2, 0.25) is 0 Å². The van der Waals surface area contributed by atoms with Gasteiger partial charge < -0.3 is 4.74 Å². The zero-order chi connectivity index (χ0) is 17.9. The van der Waals surface area contributed by atoms with E-state index in [9.17, 15) is 9.59 Å². The summed E-state index contributed by atoms with van der Waals surface area (Å²) in [4.78, 5) is 23.1. The van der Waals surface area contributed by atoms with Crippen molar-refractivity contribution >= 4 is 11.9 Å². The third-order valence-electron chi connectivity index (χ3n) is 5.19. The van der Waals surface area contributed by atoms with Gasteiger partial charge in [-0.05, 0) is 43.4 Å². The van der Waals surface area contributed by atoms with Crippen LogP contribution in [0.4, 0.5) is 0 Å². The Balaban J connectivity index is 2.15. The number of esters is 1. The lowest BCUT2D eigenvalue weighted by Gasteiger charge is -2.36. The van der Waals surface area contributed by atoms with Gasteiger partial charge in [-0.25, -0.2) is 5.84 Å². The molecule has 0 heterocycles. The number of nitrogens with one attached hydrogen (secondary N) is 1. The van der Waals surface area contributed by atoms with Crippen molar-refractivity contribution in [3.05, 3.63) is 0 Å². The molecule has 0 aromatic rings. The summed E-state index contributed by atoms with van der Waals surface area (Å²) in [5.74, 6) is 6.62. The number of nitrogens with two attached hydrogens (primary N) is 1. The van der Waals surface area contributed by atoms with E-state index in [1.165, 1.54) is 12.8 Å². The molecule has 0 radical (unpaired) electrons. The lowest BCUT2D eigenvalue weighted by atomic mass is 9.75. The highest BCUT2D eigenvalue weighted by Gasteiger charge is 2.33. The van der Waals surface area contributed by atoms with Gasteiger partial charge in [0.25, 0.3) is 0 Å². The second-order valence-electron chi connectivity index (χ2n) is 7.69. The predicted octanol–water partition coefficient (Wildman–Crippen LogP) is 3.71. The van der Waals surface area contributed by atoms with Crippen molar-refractivity contribution in [3.63, 3.8) is 0 Å². The maximum absolute atomic E-state index is 12.1. The molecule has 3 N–H and O–H groups in total. The largest absolute Gasteiger partial charge is 0.462 e. The molecule has 5 nitrogen and oxygen atoms in total. The molecule has 0 aromatic carbocycles. The van der Waals surface area contributed by atoms with Crippen LogP contribution in [0.25, 0.3) is 0 Å². The van der Waals surface area contributed by atoms with Gasteiger partial charge in [0.15, 0.2) is 0 Å². The number of unbranched alkanes of at least 4 members (excludes halogenated alkanes) is 4. The van der Waals surface area contributed by atoms with Crippen molar-refractivity contribution in [2.45, 2.75) is 91.1 Å². The first-order chi connectivity index (χ1) is 11.4. The average molecular weight is 341 g/mol. The van der Waals surface area contributed by atoms with E-state index in [1.807, 2.05) is 0 Å². The van der Waals surface area contributed by atoms with Crippen molar-refractivity contribution in [1.29, 1.82) is 0 Å². The Morgan fingerprint density at radius 1 is 1.08 bits per heavy atom. The van der Waals surface area contributed by atoms with Crippen molar-refractivity contribution in [3.8, 4) is 0 Å². The Bertz CT molecular complexity index is 385. The van der Waals surface area contributed by atoms with E-state index in [4.69, 9.17) is 10.6 Å². The van der Waals surface area contributed by atoms with Crippen LogP contribution >= 0.6 is 0 Å². The monoisotopic (exact) mass is 340 g/mol. The Kier molecular flexibility index (Phi) is 9.99. The Morgan fingerprint density at radius 3 is 2.33 bits per heavy atom. The van der Waals surface area contributed by atoms with Gasteiger partial charge in [0, 0.05) is 12.8 Å². The normalized spacial score (nSPS) is 24.0. The van der Waals surface area contributed by atoms with E-state index < -0.39 is 0 Å². The van der Waals surface area contributed by atoms with E-state index in [1.54, 1.807) is 0 Å². The van der Waals surface area contributed by atoms with Crippen LogP contribution in [0.1, 0.15) is 85.0 Å².